The van der Waals surface area contributed by atoms with Crippen molar-refractivity contribution in [3.05, 3.63) is 63.6 Å². The van der Waals surface area contributed by atoms with Crippen LogP contribution in [0, 0.1) is 6.92 Å². The number of aryl methyl sites for hydroxylation is 1. The summed E-state index contributed by atoms with van der Waals surface area (Å²) in [7, 11) is 1.67. The fourth-order valence-electron chi connectivity index (χ4n) is 2.00. The van der Waals surface area contributed by atoms with E-state index in [1.54, 1.807) is 7.11 Å². The zero-order valence-electron chi connectivity index (χ0n) is 10.5. The van der Waals surface area contributed by atoms with Crippen LogP contribution in [0.1, 0.15) is 22.7 Å². The van der Waals surface area contributed by atoms with E-state index in [4.69, 9.17) is 10.5 Å². The van der Waals surface area contributed by atoms with Gasteiger partial charge in [0.05, 0.1) is 13.2 Å². The van der Waals surface area contributed by atoms with Crippen LogP contribution in [0.2, 0.25) is 0 Å². The number of halogens is 1. The summed E-state index contributed by atoms with van der Waals surface area (Å²) in [4.78, 5) is 0. The first-order chi connectivity index (χ1) is 8.61. The van der Waals surface area contributed by atoms with Gasteiger partial charge in [-0.15, -0.1) is 0 Å². The Kier molecular flexibility index (Phi) is 4.04. The largest absolute Gasteiger partial charge is 0.497 e. The number of hydrogen-bond donors (Lipinski definition) is 1. The van der Waals surface area contributed by atoms with E-state index in [1.807, 2.05) is 42.5 Å². The van der Waals surface area contributed by atoms with Gasteiger partial charge in [0, 0.05) is 4.47 Å². The van der Waals surface area contributed by atoms with E-state index in [0.717, 1.165) is 26.9 Å². The highest BCUT2D eigenvalue weighted by molar-refractivity contribution is 9.10. The van der Waals surface area contributed by atoms with Crippen LogP contribution in [0.4, 0.5) is 0 Å². The van der Waals surface area contributed by atoms with Gasteiger partial charge in [-0.3, -0.25) is 0 Å². The molecule has 2 aromatic carbocycles. The fourth-order valence-corrected chi connectivity index (χ4v) is 2.42. The van der Waals surface area contributed by atoms with Gasteiger partial charge in [-0.25, -0.2) is 0 Å². The van der Waals surface area contributed by atoms with Crippen LogP contribution in [0.3, 0.4) is 0 Å². The fraction of sp³-hybridized carbons (Fsp3) is 0.200. The van der Waals surface area contributed by atoms with Gasteiger partial charge in [0.2, 0.25) is 0 Å². The van der Waals surface area contributed by atoms with Gasteiger partial charge in [-0.05, 0) is 47.9 Å². The second kappa shape index (κ2) is 5.55. The van der Waals surface area contributed by atoms with Crippen molar-refractivity contribution in [1.82, 2.24) is 0 Å². The molecule has 0 saturated carbocycles. The Morgan fingerprint density at radius 2 is 1.94 bits per heavy atom. The summed E-state index contributed by atoms with van der Waals surface area (Å²) in [6, 6.07) is 13.9. The molecule has 0 fully saturated rings. The van der Waals surface area contributed by atoms with Crippen molar-refractivity contribution < 1.29 is 4.74 Å². The summed E-state index contributed by atoms with van der Waals surface area (Å²) in [6.07, 6.45) is 0. The molecule has 0 heterocycles. The lowest BCUT2D eigenvalue weighted by Crippen LogP contribution is -2.13. The van der Waals surface area contributed by atoms with E-state index in [0.29, 0.717) is 0 Å². The molecule has 2 nitrogen and oxygen atoms in total. The standard InChI is InChI=1S/C15H16BrNO/c1-10-8-13(18-2)6-7-14(10)15(17)11-4-3-5-12(16)9-11/h3-9,15H,17H2,1-2H3. The van der Waals surface area contributed by atoms with Gasteiger partial charge in [0.25, 0.3) is 0 Å². The van der Waals surface area contributed by atoms with Crippen LogP contribution >= 0.6 is 15.9 Å². The van der Waals surface area contributed by atoms with Crippen LogP contribution in [-0.4, -0.2) is 7.11 Å². The number of nitrogens with two attached hydrogens (primary N) is 1. The molecule has 94 valence electrons. The number of hydrogen-bond acceptors (Lipinski definition) is 2. The highest BCUT2D eigenvalue weighted by atomic mass is 79.9. The summed E-state index contributed by atoms with van der Waals surface area (Å²) in [5.41, 5.74) is 9.67. The zero-order valence-corrected chi connectivity index (χ0v) is 12.1. The second-order valence-electron chi connectivity index (χ2n) is 4.26. The quantitative estimate of drug-likeness (QED) is 0.936. The minimum absolute atomic E-state index is 0.117. The van der Waals surface area contributed by atoms with E-state index >= 15 is 0 Å². The van der Waals surface area contributed by atoms with Crippen molar-refractivity contribution in [2.45, 2.75) is 13.0 Å². The monoisotopic (exact) mass is 305 g/mol. The van der Waals surface area contributed by atoms with Crippen LogP contribution in [-0.2, 0) is 0 Å². The van der Waals surface area contributed by atoms with Crippen molar-refractivity contribution in [3.63, 3.8) is 0 Å². The molecular formula is C15H16BrNO. The lowest BCUT2D eigenvalue weighted by atomic mass is 9.96. The Morgan fingerprint density at radius 3 is 2.56 bits per heavy atom. The summed E-state index contributed by atoms with van der Waals surface area (Å²) in [6.45, 7) is 2.05. The van der Waals surface area contributed by atoms with Crippen LogP contribution < -0.4 is 10.5 Å². The molecule has 2 aromatic rings. The molecule has 0 spiro atoms. The Balaban J connectivity index is 2.37. The van der Waals surface area contributed by atoms with Gasteiger partial charge in [0.15, 0.2) is 0 Å². The average Bonchev–Trinajstić information content (AvgIpc) is 2.37. The molecule has 0 amide bonds. The Labute approximate surface area is 116 Å². The van der Waals surface area contributed by atoms with Crippen LogP contribution in [0.15, 0.2) is 46.9 Å². The molecule has 0 aliphatic heterocycles. The average molecular weight is 306 g/mol. The van der Waals surface area contributed by atoms with Crippen molar-refractivity contribution in [3.8, 4) is 5.75 Å². The number of rotatable bonds is 3. The molecule has 0 aromatic heterocycles. The minimum atomic E-state index is -0.117. The Morgan fingerprint density at radius 1 is 1.17 bits per heavy atom. The van der Waals surface area contributed by atoms with Crippen LogP contribution in [0.25, 0.3) is 0 Å². The van der Waals surface area contributed by atoms with Gasteiger partial charge in [-0.1, -0.05) is 34.1 Å². The third kappa shape index (κ3) is 2.74. The van der Waals surface area contributed by atoms with Gasteiger partial charge < -0.3 is 10.5 Å². The van der Waals surface area contributed by atoms with Gasteiger partial charge in [0.1, 0.15) is 5.75 Å². The Bertz CT molecular complexity index is 554. The molecule has 0 aliphatic rings. The molecule has 0 radical (unpaired) electrons. The third-order valence-corrected chi connectivity index (χ3v) is 3.51. The minimum Gasteiger partial charge on any atom is -0.497 e. The van der Waals surface area contributed by atoms with Crippen molar-refractivity contribution >= 4 is 15.9 Å². The molecule has 1 unspecified atom stereocenters. The van der Waals surface area contributed by atoms with E-state index in [-0.39, 0.29) is 6.04 Å². The van der Waals surface area contributed by atoms with E-state index in [2.05, 4.69) is 22.9 Å². The first-order valence-electron chi connectivity index (χ1n) is 5.77. The predicted molar refractivity (Wildman–Crippen MR) is 77.9 cm³/mol. The van der Waals surface area contributed by atoms with Crippen molar-refractivity contribution in [2.75, 3.05) is 7.11 Å². The SMILES string of the molecule is COc1ccc(C(N)c2cccc(Br)c2)c(C)c1. The van der Waals surface area contributed by atoms with Crippen molar-refractivity contribution in [1.29, 1.82) is 0 Å². The molecule has 0 aliphatic carbocycles. The summed E-state index contributed by atoms with van der Waals surface area (Å²) in [5.74, 6) is 0.859. The third-order valence-electron chi connectivity index (χ3n) is 3.02. The molecule has 0 bridgehead atoms. The normalized spacial score (nSPS) is 12.2. The zero-order chi connectivity index (χ0) is 13.1. The Hall–Kier alpha value is -1.32. The van der Waals surface area contributed by atoms with Gasteiger partial charge >= 0.3 is 0 Å². The topological polar surface area (TPSA) is 35.2 Å². The maximum atomic E-state index is 6.32. The maximum Gasteiger partial charge on any atom is 0.119 e. The van der Waals surface area contributed by atoms with Gasteiger partial charge in [-0.2, -0.15) is 0 Å². The summed E-state index contributed by atoms with van der Waals surface area (Å²) < 4.78 is 6.25. The van der Waals surface area contributed by atoms with E-state index < -0.39 is 0 Å². The second-order valence-corrected chi connectivity index (χ2v) is 5.17. The summed E-state index contributed by atoms with van der Waals surface area (Å²) >= 11 is 3.47. The molecule has 1 atom stereocenters. The van der Waals surface area contributed by atoms with Crippen LogP contribution in [0.5, 0.6) is 5.75 Å². The van der Waals surface area contributed by atoms with E-state index in [1.165, 1.54) is 0 Å². The molecule has 18 heavy (non-hydrogen) atoms. The first kappa shape index (κ1) is 13.1. The predicted octanol–water partition coefficient (Wildman–Crippen LogP) is 3.81. The molecular weight excluding hydrogens is 290 g/mol. The molecule has 2 rings (SSSR count). The number of benzene rings is 2. The lowest BCUT2D eigenvalue weighted by molar-refractivity contribution is 0.414. The molecule has 0 saturated heterocycles. The highest BCUT2D eigenvalue weighted by Gasteiger charge is 2.12. The summed E-state index contributed by atoms with van der Waals surface area (Å²) in [5, 5.41) is 0. The maximum absolute atomic E-state index is 6.32. The van der Waals surface area contributed by atoms with E-state index in [9.17, 15) is 0 Å². The molecule has 3 heteroatoms. The smallest absolute Gasteiger partial charge is 0.119 e. The lowest BCUT2D eigenvalue weighted by Gasteiger charge is -2.16. The molecule has 2 N–H and O–H groups in total. The number of methoxy groups -OCH3 is 1. The first-order valence-corrected chi connectivity index (χ1v) is 6.56. The van der Waals surface area contributed by atoms with Crippen molar-refractivity contribution in [2.24, 2.45) is 5.73 Å². The number of ether oxygens (including phenoxy) is 1. The highest BCUT2D eigenvalue weighted by Crippen LogP contribution is 2.27.